The van der Waals surface area contributed by atoms with Crippen molar-refractivity contribution in [3.05, 3.63) is 75.0 Å². The van der Waals surface area contributed by atoms with E-state index in [9.17, 15) is 39.0 Å². The fourth-order valence-corrected chi connectivity index (χ4v) is 12.2. The second kappa shape index (κ2) is 16.8. The van der Waals surface area contributed by atoms with Gasteiger partial charge in [-0.1, -0.05) is 53.6 Å². The summed E-state index contributed by atoms with van der Waals surface area (Å²) < 4.78 is 13.5. The molecule has 5 aliphatic rings. The molecule has 0 bridgehead atoms. The van der Waals surface area contributed by atoms with Crippen LogP contribution in [0.4, 0.5) is 5.69 Å². The number of allylic oxidation sites excluding steroid dienone is 4. The van der Waals surface area contributed by atoms with Gasteiger partial charge in [0, 0.05) is 40.2 Å². The summed E-state index contributed by atoms with van der Waals surface area (Å²) in [6.07, 6.45) is 5.43. The third kappa shape index (κ3) is 7.87. The van der Waals surface area contributed by atoms with Crippen molar-refractivity contribution in [2.24, 2.45) is 28.6 Å². The van der Waals surface area contributed by atoms with Crippen molar-refractivity contribution in [2.75, 3.05) is 23.8 Å². The number of carboxylic acids is 1. The van der Waals surface area contributed by atoms with Gasteiger partial charge in [0.2, 0.25) is 17.7 Å². The number of carbonyl (C=O) groups excluding carboxylic acids is 5. The number of alkyl halides is 1. The molecule has 3 amide bonds. The molecule has 4 aliphatic carbocycles. The number of hydrogen-bond acceptors (Lipinski definition) is 11. The Morgan fingerprint density at radius 3 is 2.54 bits per heavy atom. The van der Waals surface area contributed by atoms with Crippen molar-refractivity contribution in [3.63, 3.8) is 0 Å². The number of anilines is 1. The summed E-state index contributed by atoms with van der Waals surface area (Å²) in [6.45, 7) is 5.02. The Balaban J connectivity index is 1.03. The zero-order chi connectivity index (χ0) is 42.4. The van der Waals surface area contributed by atoms with Crippen LogP contribution in [0.25, 0.3) is 0 Å². The van der Waals surface area contributed by atoms with E-state index in [1.54, 1.807) is 24.3 Å². The molecule has 0 unspecified atom stereocenters. The lowest BCUT2D eigenvalue weighted by Crippen LogP contribution is -2.63. The monoisotopic (exact) mass is 895 g/mol. The minimum Gasteiger partial charge on any atom is -0.481 e. The second-order valence-electron chi connectivity index (χ2n) is 16.9. The van der Waals surface area contributed by atoms with E-state index in [1.807, 2.05) is 38.1 Å². The summed E-state index contributed by atoms with van der Waals surface area (Å²) in [5, 5.41) is 39.1. The van der Waals surface area contributed by atoms with Crippen molar-refractivity contribution in [1.82, 2.24) is 10.6 Å². The fourth-order valence-electron chi connectivity index (χ4n) is 10.8. The number of hydrogen-bond donors (Lipinski definition) is 6. The number of rotatable bonds is 14. The molecule has 2 heterocycles. The lowest BCUT2D eigenvalue weighted by Gasteiger charge is -2.59. The molecule has 1 aromatic carbocycles. The average molecular weight is 897 g/mol. The number of aliphatic hydroxyl groups excluding tert-OH is 2. The average Bonchev–Trinajstić information content (AvgIpc) is 3.84. The first kappa shape index (κ1) is 43.0. The Bertz CT molecular complexity index is 2100. The molecular weight excluding hydrogens is 846 g/mol. The molecule has 16 heteroatoms. The van der Waals surface area contributed by atoms with Gasteiger partial charge in [-0.3, -0.25) is 28.8 Å². The van der Waals surface area contributed by atoms with Crippen LogP contribution in [0.3, 0.4) is 0 Å². The summed E-state index contributed by atoms with van der Waals surface area (Å²) in [5.41, 5.74) is 0.700. The van der Waals surface area contributed by atoms with E-state index < -0.39 is 77.1 Å². The SMILES string of the molecule is Cc1cc([C@@H]2O[C@@H]3C[C@H]4[C@@H]5CCC6=CC(=O)C=C[C@]6(C)[C@H]5[C@@H](O)C[C@]4(C)[C@]3(C(=O)CO)O2)sc1Cc1ccc(NC(=O)[C@H](CCC(=O)O)NC(=O)CNC(=O)CBr)cc1. The summed E-state index contributed by atoms with van der Waals surface area (Å²) in [5.74, 6) is -3.33. The van der Waals surface area contributed by atoms with Gasteiger partial charge >= 0.3 is 5.97 Å². The number of carboxylic acid groups (broad SMARTS) is 1. The summed E-state index contributed by atoms with van der Waals surface area (Å²) in [7, 11) is 0. The van der Waals surface area contributed by atoms with Gasteiger partial charge in [0.25, 0.3) is 0 Å². The van der Waals surface area contributed by atoms with Gasteiger partial charge in [0.1, 0.15) is 12.6 Å². The molecule has 10 atom stereocenters. The Labute approximate surface area is 354 Å². The summed E-state index contributed by atoms with van der Waals surface area (Å²) in [4.78, 5) is 76.3. The third-order valence-electron chi connectivity index (χ3n) is 13.5. The number of Topliss-reactive ketones (excluding diaryl/α,β-unsaturated/α-hetero) is 1. The number of aliphatic hydroxyl groups is 2. The smallest absolute Gasteiger partial charge is 0.303 e. The number of ether oxygens (including phenoxy) is 2. The number of benzene rings is 1. The van der Waals surface area contributed by atoms with E-state index in [2.05, 4.69) is 38.8 Å². The van der Waals surface area contributed by atoms with E-state index in [1.165, 1.54) is 11.3 Å². The van der Waals surface area contributed by atoms with E-state index >= 15 is 0 Å². The van der Waals surface area contributed by atoms with Crippen LogP contribution < -0.4 is 16.0 Å². The molecule has 1 aliphatic heterocycles. The number of halogens is 1. The van der Waals surface area contributed by atoms with E-state index in [-0.39, 0.29) is 48.3 Å². The predicted octanol–water partition coefficient (Wildman–Crippen LogP) is 4.05. The topological polar surface area (TPSA) is 218 Å². The van der Waals surface area contributed by atoms with Gasteiger partial charge in [-0.2, -0.15) is 0 Å². The molecule has 4 fully saturated rings. The maximum absolute atomic E-state index is 14.0. The lowest BCUT2D eigenvalue weighted by molar-refractivity contribution is -0.200. The predicted molar refractivity (Wildman–Crippen MR) is 219 cm³/mol. The minimum absolute atomic E-state index is 0.00180. The van der Waals surface area contributed by atoms with Crippen molar-refractivity contribution < 1.29 is 53.6 Å². The highest BCUT2D eigenvalue weighted by molar-refractivity contribution is 9.09. The molecule has 1 aromatic heterocycles. The van der Waals surface area contributed by atoms with Gasteiger partial charge in [0.05, 0.1) is 29.0 Å². The second-order valence-corrected chi connectivity index (χ2v) is 18.6. The third-order valence-corrected chi connectivity index (χ3v) is 15.3. The zero-order valence-electron chi connectivity index (χ0n) is 33.1. The molecule has 59 heavy (non-hydrogen) atoms. The van der Waals surface area contributed by atoms with Crippen molar-refractivity contribution in [2.45, 2.75) is 95.9 Å². The molecule has 0 radical (unpaired) electrons. The minimum atomic E-state index is -1.45. The van der Waals surface area contributed by atoms with Crippen molar-refractivity contribution >= 4 is 68.2 Å². The number of ketones is 2. The highest BCUT2D eigenvalue weighted by Crippen LogP contribution is 2.70. The van der Waals surface area contributed by atoms with Gasteiger partial charge in [0.15, 0.2) is 23.5 Å². The van der Waals surface area contributed by atoms with E-state index in [0.717, 1.165) is 39.3 Å². The number of thiophene rings is 1. The maximum Gasteiger partial charge on any atom is 0.303 e. The molecule has 6 N–H and O–H groups in total. The Hall–Kier alpha value is -4.06. The van der Waals surface area contributed by atoms with Gasteiger partial charge in [-0.25, -0.2) is 0 Å². The molecule has 1 saturated heterocycles. The van der Waals surface area contributed by atoms with E-state index in [0.29, 0.717) is 24.9 Å². The largest absolute Gasteiger partial charge is 0.481 e. The number of fused-ring (bicyclic) bond motifs is 7. The molecular formula is C43H50BrN3O11S. The van der Waals surface area contributed by atoms with Gasteiger partial charge in [-0.05, 0) is 92.3 Å². The van der Waals surface area contributed by atoms with Crippen LogP contribution in [-0.2, 0) is 44.7 Å². The molecule has 7 rings (SSSR count). The molecule has 2 aromatic rings. The molecule has 316 valence electrons. The highest BCUT2D eigenvalue weighted by Gasteiger charge is 2.76. The number of carbonyl (C=O) groups is 6. The quantitative estimate of drug-likeness (QED) is 0.149. The first-order valence-electron chi connectivity index (χ1n) is 20.0. The molecule has 3 saturated carbocycles. The maximum atomic E-state index is 14.0. The van der Waals surface area contributed by atoms with Crippen LogP contribution >= 0.6 is 27.3 Å². The summed E-state index contributed by atoms with van der Waals surface area (Å²) >= 11 is 4.50. The zero-order valence-corrected chi connectivity index (χ0v) is 35.5. The Morgan fingerprint density at radius 1 is 1.10 bits per heavy atom. The van der Waals surface area contributed by atoms with Crippen LogP contribution in [-0.4, -0.2) is 92.9 Å². The normalized spacial score (nSPS) is 32.2. The Kier molecular flexibility index (Phi) is 12.2. The van der Waals surface area contributed by atoms with Crippen LogP contribution in [0.1, 0.15) is 79.5 Å². The lowest BCUT2D eigenvalue weighted by atomic mass is 9.46. The van der Waals surface area contributed by atoms with Crippen LogP contribution in [0.5, 0.6) is 0 Å². The van der Waals surface area contributed by atoms with Crippen molar-refractivity contribution in [3.8, 4) is 0 Å². The van der Waals surface area contributed by atoms with Gasteiger partial charge < -0.3 is 40.7 Å². The Morgan fingerprint density at radius 2 is 1.85 bits per heavy atom. The summed E-state index contributed by atoms with van der Waals surface area (Å²) in [6, 6.07) is 7.98. The fraction of sp³-hybridized carbons (Fsp3) is 0.535. The molecule has 0 spiro atoms. The first-order valence-corrected chi connectivity index (χ1v) is 21.9. The van der Waals surface area contributed by atoms with Gasteiger partial charge in [-0.15, -0.1) is 11.3 Å². The van der Waals surface area contributed by atoms with Crippen LogP contribution in [0, 0.1) is 35.5 Å². The first-order chi connectivity index (χ1) is 28.0. The van der Waals surface area contributed by atoms with Crippen LogP contribution in [0.15, 0.2) is 54.1 Å². The molecule has 14 nitrogen and oxygen atoms in total. The number of nitrogens with one attached hydrogen (secondary N) is 3. The van der Waals surface area contributed by atoms with Crippen molar-refractivity contribution in [1.29, 1.82) is 0 Å². The van der Waals surface area contributed by atoms with Crippen LogP contribution in [0.2, 0.25) is 0 Å². The number of aryl methyl sites for hydroxylation is 1. The number of aliphatic carboxylic acids is 1. The van der Waals surface area contributed by atoms with E-state index in [4.69, 9.17) is 14.6 Å². The highest BCUT2D eigenvalue weighted by atomic mass is 79.9. The standard InChI is InChI=1S/C43H50BrN3O11S/c1-22-14-32(59-31(22)15-23-4-7-25(8-5-23)46-39(56)29(10-11-37(54)55)47-36(53)20-45-35(52)19-44)40-57-34-17-28-27-9-6-24-16-26(49)12-13-41(24,2)38(27)30(50)18-42(28,3)43(34,58-40)33(51)21-48/h4-5,7-8,12-14,16,27-30,34,38,40,48,50H,6,9-11,15,17-21H2,1-3H3,(H,45,52)(H,46,56)(H,47,53)(H,54,55)/t27-,28-,29-,30-,34+,38+,40+,41-,42-,43+/m0/s1. The number of amides is 3.